The molecule has 3 aromatic carbocycles. The van der Waals surface area contributed by atoms with Gasteiger partial charge in [-0.2, -0.15) is 0 Å². The third-order valence-corrected chi connectivity index (χ3v) is 16.5. The molecule has 6 heteroatoms. The van der Waals surface area contributed by atoms with E-state index in [1.807, 2.05) is 45.3 Å². The average molecular weight is 875 g/mol. The molecular formula is C54H66O2S4. The number of hydrogen-bond acceptors (Lipinski definition) is 6. The van der Waals surface area contributed by atoms with Crippen LogP contribution in [0.3, 0.4) is 0 Å². The molecule has 0 amide bonds. The Balaban J connectivity index is 1.09. The number of ether oxygens (including phenoxy) is 2. The molecule has 2 nitrogen and oxygen atoms in total. The molecule has 7 rings (SSSR count). The molecule has 4 aromatic heterocycles. The van der Waals surface area contributed by atoms with Crippen LogP contribution in [0.5, 0.6) is 11.5 Å². The fraction of sp³-hybridized carbons (Fsp3) is 0.444. The van der Waals surface area contributed by atoms with Gasteiger partial charge in [-0.3, -0.25) is 0 Å². The van der Waals surface area contributed by atoms with Crippen molar-refractivity contribution in [2.24, 2.45) is 0 Å². The van der Waals surface area contributed by atoms with Crippen LogP contribution in [-0.2, 0) is 0 Å². The first-order chi connectivity index (χ1) is 29.7. The maximum absolute atomic E-state index is 6.75. The maximum atomic E-state index is 6.75. The topological polar surface area (TPSA) is 18.5 Å². The monoisotopic (exact) mass is 874 g/mol. The van der Waals surface area contributed by atoms with E-state index in [4.69, 9.17) is 9.47 Å². The minimum Gasteiger partial charge on any atom is -0.491 e. The van der Waals surface area contributed by atoms with Crippen LogP contribution in [0.15, 0.2) is 72.8 Å². The van der Waals surface area contributed by atoms with Gasteiger partial charge >= 0.3 is 0 Å². The zero-order valence-electron chi connectivity index (χ0n) is 36.2. The molecule has 0 fully saturated rings. The van der Waals surface area contributed by atoms with Gasteiger partial charge in [0.2, 0.25) is 0 Å². The minimum atomic E-state index is 0.773. The normalized spacial score (nSPS) is 12.2. The summed E-state index contributed by atoms with van der Waals surface area (Å²) in [6.45, 7) is 6.13. The van der Waals surface area contributed by atoms with E-state index in [0.717, 1.165) is 37.6 Å². The molecule has 0 saturated carbocycles. The second-order valence-corrected chi connectivity index (χ2v) is 20.7. The van der Waals surface area contributed by atoms with Crippen molar-refractivity contribution in [3.8, 4) is 11.5 Å². The molecule has 0 atom stereocenters. The van der Waals surface area contributed by atoms with Crippen molar-refractivity contribution < 1.29 is 9.47 Å². The number of benzene rings is 3. The Morgan fingerprint density at radius 2 is 0.733 bits per heavy atom. The summed E-state index contributed by atoms with van der Waals surface area (Å²) in [5.41, 5.74) is 2.42. The Kier molecular flexibility index (Phi) is 18.1. The van der Waals surface area contributed by atoms with Gasteiger partial charge in [-0.15, -0.1) is 45.3 Å². The van der Waals surface area contributed by atoms with Gasteiger partial charge in [-0.05, 0) is 48.3 Å². The van der Waals surface area contributed by atoms with Gasteiger partial charge in [0.25, 0.3) is 0 Å². The highest BCUT2D eigenvalue weighted by Gasteiger charge is 2.22. The Bertz CT molecular complexity index is 2200. The lowest BCUT2D eigenvalue weighted by molar-refractivity contribution is 0.308. The second-order valence-electron chi connectivity index (χ2n) is 16.5. The smallest absolute Gasteiger partial charge is 0.155 e. The maximum Gasteiger partial charge on any atom is 0.155 e. The predicted octanol–water partition coefficient (Wildman–Crippen LogP) is 19.5. The van der Waals surface area contributed by atoms with Crippen LogP contribution in [0.4, 0.5) is 0 Å². The summed E-state index contributed by atoms with van der Waals surface area (Å²) in [7, 11) is 0. The lowest BCUT2D eigenvalue weighted by atomic mass is 10.1. The Morgan fingerprint density at radius 1 is 0.383 bits per heavy atom. The summed E-state index contributed by atoms with van der Waals surface area (Å²) in [4.78, 5) is 2.44. The molecular weight excluding hydrogens is 809 g/mol. The fourth-order valence-electron chi connectivity index (χ4n) is 8.17. The van der Waals surface area contributed by atoms with Gasteiger partial charge in [0.05, 0.1) is 41.8 Å². The Hall–Kier alpha value is -3.42. The van der Waals surface area contributed by atoms with Crippen LogP contribution in [0.1, 0.15) is 163 Å². The molecule has 0 radical (unpaired) electrons. The van der Waals surface area contributed by atoms with E-state index in [1.54, 1.807) is 0 Å². The van der Waals surface area contributed by atoms with Crippen molar-refractivity contribution in [2.45, 2.75) is 142 Å². The highest BCUT2D eigenvalue weighted by Crippen LogP contribution is 2.53. The third kappa shape index (κ3) is 12.4. The zero-order valence-corrected chi connectivity index (χ0v) is 39.5. The van der Waals surface area contributed by atoms with Crippen LogP contribution in [0.2, 0.25) is 0 Å². The van der Waals surface area contributed by atoms with E-state index in [1.165, 1.54) is 175 Å². The highest BCUT2D eigenvalue weighted by atomic mass is 32.1. The van der Waals surface area contributed by atoms with Gasteiger partial charge in [0.1, 0.15) is 0 Å². The van der Waals surface area contributed by atoms with Crippen molar-refractivity contribution in [1.82, 2.24) is 0 Å². The zero-order chi connectivity index (χ0) is 41.2. The van der Waals surface area contributed by atoms with Crippen LogP contribution in [0, 0.1) is 0 Å². The van der Waals surface area contributed by atoms with Gasteiger partial charge in [-0.25, -0.2) is 0 Å². The SMILES string of the molecule is CCCCCCCCCCCCOc1c(/C=C/c2ccccc2)sc2c1sc1cc3c(cc12)sc1c(OCCCCCCCCCCCC)c(/C=C/c2ccccc2)sc13. The van der Waals surface area contributed by atoms with Crippen molar-refractivity contribution in [2.75, 3.05) is 13.2 Å². The van der Waals surface area contributed by atoms with E-state index < -0.39 is 0 Å². The van der Waals surface area contributed by atoms with Crippen molar-refractivity contribution in [3.63, 3.8) is 0 Å². The highest BCUT2D eigenvalue weighted by molar-refractivity contribution is 7.35. The number of fused-ring (bicyclic) bond motifs is 6. The predicted molar refractivity (Wildman–Crippen MR) is 273 cm³/mol. The van der Waals surface area contributed by atoms with E-state index in [9.17, 15) is 0 Å². The summed E-state index contributed by atoms with van der Waals surface area (Å²) in [6, 6.07) is 26.2. The van der Waals surface area contributed by atoms with Crippen molar-refractivity contribution in [1.29, 1.82) is 0 Å². The molecule has 7 aromatic rings. The van der Waals surface area contributed by atoms with Gasteiger partial charge in [-0.1, -0.05) is 202 Å². The molecule has 0 aliphatic rings. The van der Waals surface area contributed by atoms with Gasteiger partial charge in [0, 0.05) is 20.2 Å². The van der Waals surface area contributed by atoms with Crippen molar-refractivity contribution >= 4 is 109 Å². The van der Waals surface area contributed by atoms with E-state index >= 15 is 0 Å². The van der Waals surface area contributed by atoms with Gasteiger partial charge in [0.15, 0.2) is 11.5 Å². The first kappa shape index (κ1) is 44.6. The summed E-state index contributed by atoms with van der Waals surface area (Å²) in [6.07, 6.45) is 35.6. The molecule has 4 heterocycles. The first-order valence-corrected chi connectivity index (χ1v) is 26.6. The number of hydrogen-bond donors (Lipinski definition) is 0. The van der Waals surface area contributed by atoms with E-state index in [2.05, 4.69) is 111 Å². The first-order valence-electron chi connectivity index (χ1n) is 23.3. The summed E-state index contributed by atoms with van der Waals surface area (Å²) in [5, 5.41) is 2.70. The molecule has 0 aliphatic carbocycles. The van der Waals surface area contributed by atoms with E-state index in [0.29, 0.717) is 0 Å². The second kappa shape index (κ2) is 24.3. The Morgan fingerprint density at radius 3 is 1.10 bits per heavy atom. The van der Waals surface area contributed by atoms with E-state index in [-0.39, 0.29) is 0 Å². The molecule has 0 unspecified atom stereocenters. The molecule has 0 spiro atoms. The number of unbranched alkanes of at least 4 members (excludes halogenated alkanes) is 18. The summed E-state index contributed by atoms with van der Waals surface area (Å²) in [5.74, 6) is 2.14. The van der Waals surface area contributed by atoms with Crippen LogP contribution >= 0.6 is 45.3 Å². The fourth-order valence-corrected chi connectivity index (χ4v) is 13.3. The molecule has 0 aliphatic heterocycles. The lowest BCUT2D eigenvalue weighted by Crippen LogP contribution is -1.97. The summed E-state index contributed by atoms with van der Waals surface area (Å²) >= 11 is 7.58. The van der Waals surface area contributed by atoms with Crippen molar-refractivity contribution in [3.05, 3.63) is 93.7 Å². The minimum absolute atomic E-state index is 0.773. The Labute approximate surface area is 376 Å². The summed E-state index contributed by atoms with van der Waals surface area (Å²) < 4.78 is 21.5. The largest absolute Gasteiger partial charge is 0.491 e. The lowest BCUT2D eigenvalue weighted by Gasteiger charge is -2.06. The van der Waals surface area contributed by atoms with Crippen LogP contribution in [-0.4, -0.2) is 13.2 Å². The van der Waals surface area contributed by atoms with Gasteiger partial charge < -0.3 is 9.47 Å². The number of rotatable bonds is 28. The number of thiophene rings is 4. The van der Waals surface area contributed by atoms with Crippen LogP contribution in [0.25, 0.3) is 63.3 Å². The molecule has 0 saturated heterocycles. The quantitative estimate of drug-likeness (QED) is 0.0457. The third-order valence-electron chi connectivity index (χ3n) is 11.6. The average Bonchev–Trinajstić information content (AvgIpc) is 4.01. The van der Waals surface area contributed by atoms with Crippen LogP contribution < -0.4 is 9.47 Å². The molecule has 318 valence electrons. The standard InChI is InChI=1S/C54H66O2S4/c1-3-5-7-9-11-13-15-17-19-27-37-55-49-45(35-33-41-29-23-21-24-30-41)57-51-43-39-48-44(40-47(43)59-53(49)51)52-54(60-48)50(46(58-52)36-34-42-31-25-22-26-32-42)56-38-28-20-18-16-14-12-10-8-6-4-2/h21-26,29-36,39-40H,3-20,27-28,37-38H2,1-2H3/b35-33+,36-34+. The molecule has 0 bridgehead atoms. The molecule has 0 N–H and O–H groups in total. The molecule has 60 heavy (non-hydrogen) atoms.